The molecule has 0 bridgehead atoms. The van der Waals surface area contributed by atoms with Crippen molar-refractivity contribution in [1.82, 2.24) is 14.2 Å². The summed E-state index contributed by atoms with van der Waals surface area (Å²) in [5.74, 6) is -0.638. The highest BCUT2D eigenvalue weighted by Gasteiger charge is 2.32. The van der Waals surface area contributed by atoms with E-state index in [4.69, 9.17) is 11.6 Å². The number of sulfonamides is 1. The predicted molar refractivity (Wildman–Crippen MR) is 99.8 cm³/mol. The lowest BCUT2D eigenvalue weighted by Gasteiger charge is -2.33. The Hall–Kier alpha value is -1.89. The molecule has 2 aromatic rings. The zero-order chi connectivity index (χ0) is 21.2. The molecule has 3 heterocycles. The number of rotatable bonds is 5. The summed E-state index contributed by atoms with van der Waals surface area (Å²) < 4.78 is 67.9. The minimum Gasteiger partial charge on any atom is -0.468 e. The maximum absolute atomic E-state index is 12.6. The number of piperazine rings is 1. The molecule has 2 aromatic heterocycles. The number of halogens is 4. The van der Waals surface area contributed by atoms with Crippen LogP contribution in [0.5, 0.6) is 5.88 Å². The van der Waals surface area contributed by atoms with Crippen molar-refractivity contribution in [2.45, 2.75) is 10.4 Å². The zero-order valence-corrected chi connectivity index (χ0v) is 17.1. The lowest BCUT2D eigenvalue weighted by atomic mass is 10.2. The van der Waals surface area contributed by atoms with Crippen LogP contribution in [0.15, 0.2) is 34.7 Å². The second-order valence-corrected chi connectivity index (χ2v) is 9.92. The lowest BCUT2D eigenvalue weighted by molar-refractivity contribution is -0.154. The first-order valence-corrected chi connectivity index (χ1v) is 10.9. The molecule has 7 nitrogen and oxygen atoms in total. The second-order valence-electron chi connectivity index (χ2n) is 6.04. The van der Waals surface area contributed by atoms with Crippen molar-refractivity contribution < 1.29 is 31.1 Å². The molecule has 1 amide bonds. The number of hydrogen-bond acceptors (Lipinski definition) is 6. The molecule has 0 atom stereocenters. The molecule has 1 fully saturated rings. The highest BCUT2D eigenvalue weighted by atomic mass is 35.5. The molecule has 13 heteroatoms. The van der Waals surface area contributed by atoms with Crippen molar-refractivity contribution in [3.05, 3.63) is 40.4 Å². The first kappa shape index (κ1) is 21.8. The molecule has 1 saturated heterocycles. The lowest BCUT2D eigenvalue weighted by Crippen LogP contribution is -2.50. The van der Waals surface area contributed by atoms with E-state index in [1.54, 1.807) is 0 Å². The van der Waals surface area contributed by atoms with Gasteiger partial charge in [-0.05, 0) is 18.2 Å². The molecule has 0 radical (unpaired) electrons. The Morgan fingerprint density at radius 1 is 1.17 bits per heavy atom. The van der Waals surface area contributed by atoms with E-state index in [1.165, 1.54) is 33.5 Å². The van der Waals surface area contributed by atoms with Gasteiger partial charge in [-0.3, -0.25) is 4.79 Å². The van der Waals surface area contributed by atoms with Gasteiger partial charge >= 0.3 is 6.18 Å². The third kappa shape index (κ3) is 5.38. The van der Waals surface area contributed by atoms with E-state index in [0.717, 1.165) is 17.5 Å². The van der Waals surface area contributed by atoms with Gasteiger partial charge in [0.25, 0.3) is 15.9 Å². The van der Waals surface area contributed by atoms with Crippen molar-refractivity contribution in [1.29, 1.82) is 0 Å². The number of nitrogens with zero attached hydrogens (tertiary/aromatic N) is 3. The van der Waals surface area contributed by atoms with Gasteiger partial charge in [0.05, 0.1) is 9.90 Å². The number of hydrogen-bond donors (Lipinski definition) is 0. The van der Waals surface area contributed by atoms with Gasteiger partial charge in [0.1, 0.15) is 4.21 Å². The SMILES string of the molecule is O=C(c1ccc(OCC(F)(F)F)nc1)N1CCN(S(=O)(=O)c2ccc(Cl)s2)CC1. The minimum atomic E-state index is -4.48. The first-order chi connectivity index (χ1) is 13.6. The fourth-order valence-corrected chi connectivity index (χ4v) is 5.68. The Labute approximate surface area is 173 Å². The van der Waals surface area contributed by atoms with Crippen molar-refractivity contribution >= 4 is 38.9 Å². The molecule has 1 aliphatic rings. The number of carbonyl (C=O) groups is 1. The number of carbonyl (C=O) groups excluding carboxylic acids is 1. The van der Waals surface area contributed by atoms with Gasteiger partial charge in [0, 0.05) is 38.4 Å². The average molecular weight is 470 g/mol. The van der Waals surface area contributed by atoms with Crippen LogP contribution in [-0.2, 0) is 10.0 Å². The van der Waals surface area contributed by atoms with Gasteiger partial charge in [-0.2, -0.15) is 17.5 Å². The van der Waals surface area contributed by atoms with Crippen LogP contribution in [0.25, 0.3) is 0 Å². The largest absolute Gasteiger partial charge is 0.468 e. The molecule has 29 heavy (non-hydrogen) atoms. The topological polar surface area (TPSA) is 79.8 Å². The molecular formula is C16H15ClF3N3O4S2. The van der Waals surface area contributed by atoms with E-state index in [2.05, 4.69) is 9.72 Å². The van der Waals surface area contributed by atoms with Gasteiger partial charge in [-0.25, -0.2) is 13.4 Å². The fourth-order valence-electron chi connectivity index (χ4n) is 2.63. The number of thiophene rings is 1. The Morgan fingerprint density at radius 3 is 2.38 bits per heavy atom. The molecule has 0 N–H and O–H groups in total. The molecule has 0 unspecified atom stereocenters. The molecule has 0 spiro atoms. The van der Waals surface area contributed by atoms with Gasteiger partial charge in [0.2, 0.25) is 5.88 Å². The highest BCUT2D eigenvalue weighted by molar-refractivity contribution is 7.91. The summed E-state index contributed by atoms with van der Waals surface area (Å²) in [6.07, 6.45) is -3.35. The van der Waals surface area contributed by atoms with Crippen LogP contribution >= 0.6 is 22.9 Å². The van der Waals surface area contributed by atoms with Crippen molar-refractivity contribution in [2.75, 3.05) is 32.8 Å². The predicted octanol–water partition coefficient (Wildman–Crippen LogP) is 2.88. The number of alkyl halides is 3. The number of ether oxygens (including phenoxy) is 1. The van der Waals surface area contributed by atoms with E-state index in [0.29, 0.717) is 4.34 Å². The molecule has 3 rings (SSSR count). The van der Waals surface area contributed by atoms with Crippen LogP contribution in [0.1, 0.15) is 10.4 Å². The zero-order valence-electron chi connectivity index (χ0n) is 14.7. The summed E-state index contributed by atoms with van der Waals surface area (Å²) in [6.45, 7) is -0.903. The highest BCUT2D eigenvalue weighted by Crippen LogP contribution is 2.28. The van der Waals surface area contributed by atoms with Gasteiger partial charge in [-0.15, -0.1) is 11.3 Å². The van der Waals surface area contributed by atoms with E-state index in [1.807, 2.05) is 0 Å². The smallest absolute Gasteiger partial charge is 0.422 e. The Kier molecular flexibility index (Phi) is 6.36. The van der Waals surface area contributed by atoms with E-state index < -0.39 is 28.7 Å². The Morgan fingerprint density at radius 2 is 1.86 bits per heavy atom. The van der Waals surface area contributed by atoms with Crippen LogP contribution in [0.2, 0.25) is 4.34 Å². The van der Waals surface area contributed by atoms with Gasteiger partial charge in [-0.1, -0.05) is 11.6 Å². The number of amides is 1. The van der Waals surface area contributed by atoms with Crippen LogP contribution in [0, 0.1) is 0 Å². The maximum atomic E-state index is 12.6. The molecule has 0 aliphatic carbocycles. The normalized spacial score (nSPS) is 16.1. The quantitative estimate of drug-likeness (QED) is 0.672. The summed E-state index contributed by atoms with van der Waals surface area (Å²) in [5.41, 5.74) is 0.172. The van der Waals surface area contributed by atoms with E-state index in [9.17, 15) is 26.4 Å². The first-order valence-electron chi connectivity index (χ1n) is 8.27. The molecule has 158 valence electrons. The number of aromatic nitrogens is 1. The Balaban J connectivity index is 1.58. The summed E-state index contributed by atoms with van der Waals surface area (Å²) in [6, 6.07) is 5.44. The van der Waals surface area contributed by atoms with Crippen molar-refractivity contribution in [3.63, 3.8) is 0 Å². The molecule has 0 saturated carbocycles. The van der Waals surface area contributed by atoms with Crippen molar-refractivity contribution in [3.8, 4) is 5.88 Å². The van der Waals surface area contributed by atoms with Crippen LogP contribution in [0.3, 0.4) is 0 Å². The third-order valence-electron chi connectivity index (χ3n) is 4.04. The standard InChI is InChI=1S/C16H15ClF3N3O4S2/c17-12-2-4-14(28-12)29(25,26)23-7-5-22(6-8-23)15(24)11-1-3-13(21-9-11)27-10-16(18,19)20/h1-4,9H,5-8,10H2. The number of pyridine rings is 1. The summed E-state index contributed by atoms with van der Waals surface area (Å²) >= 11 is 6.77. The maximum Gasteiger partial charge on any atom is 0.422 e. The van der Waals surface area contributed by atoms with Crippen molar-refractivity contribution in [2.24, 2.45) is 0 Å². The monoisotopic (exact) mass is 469 g/mol. The summed E-state index contributed by atoms with van der Waals surface area (Å²) in [5, 5.41) is 0. The van der Waals surface area contributed by atoms with Crippen LogP contribution in [-0.4, -0.2) is 67.5 Å². The minimum absolute atomic E-state index is 0.115. The van der Waals surface area contributed by atoms with E-state index >= 15 is 0 Å². The molecular weight excluding hydrogens is 455 g/mol. The molecule has 0 aromatic carbocycles. The van der Waals surface area contributed by atoms with E-state index in [-0.39, 0.29) is 41.8 Å². The molecule has 1 aliphatic heterocycles. The van der Waals surface area contributed by atoms with Crippen LogP contribution < -0.4 is 4.74 Å². The summed E-state index contributed by atoms with van der Waals surface area (Å²) in [4.78, 5) is 17.7. The summed E-state index contributed by atoms with van der Waals surface area (Å²) in [7, 11) is -3.67. The van der Waals surface area contributed by atoms with Gasteiger partial charge < -0.3 is 9.64 Å². The Bertz CT molecular complexity index is 972. The second kappa shape index (κ2) is 8.46. The van der Waals surface area contributed by atoms with Gasteiger partial charge in [0.15, 0.2) is 6.61 Å². The van der Waals surface area contributed by atoms with Crippen LogP contribution in [0.4, 0.5) is 13.2 Å². The third-order valence-corrected chi connectivity index (χ3v) is 7.63. The fraction of sp³-hybridized carbons (Fsp3) is 0.375. The average Bonchev–Trinajstić information content (AvgIpc) is 3.13.